The van der Waals surface area contributed by atoms with Crippen LogP contribution in [-0.2, 0) is 4.74 Å². The van der Waals surface area contributed by atoms with Gasteiger partial charge in [-0.15, -0.1) is 0 Å². The topological polar surface area (TPSA) is 32.8 Å². The average molecular weight is 270 g/mol. The number of hydrogen-bond acceptors (Lipinski definition) is 3. The third-order valence-electron chi connectivity index (χ3n) is 3.64. The van der Waals surface area contributed by atoms with Crippen LogP contribution in [0.4, 0.5) is 4.79 Å². The fraction of sp³-hybridized carbons (Fsp3) is 0.933. The number of rotatable bonds is 0. The van der Waals surface area contributed by atoms with E-state index in [1.807, 2.05) is 39.5 Å². The number of carbonyl (C=O) groups is 1. The van der Waals surface area contributed by atoms with Crippen LogP contribution in [0.15, 0.2) is 0 Å². The molecule has 0 bridgehead atoms. The molecular formula is C15H30N2O2. The molecule has 2 fully saturated rings. The van der Waals surface area contributed by atoms with Gasteiger partial charge in [0.1, 0.15) is 5.60 Å². The SMILES string of the molecule is CC.CN1CC2CCN(C(=O)OC(C)(C)C)CC2C1. The summed E-state index contributed by atoms with van der Waals surface area (Å²) in [7, 11) is 2.16. The summed E-state index contributed by atoms with van der Waals surface area (Å²) in [5.74, 6) is 1.42. The number of fused-ring (bicyclic) bond motifs is 1. The highest BCUT2D eigenvalue weighted by Gasteiger charge is 2.37. The van der Waals surface area contributed by atoms with Gasteiger partial charge in [0.25, 0.3) is 0 Å². The monoisotopic (exact) mass is 270 g/mol. The number of amides is 1. The number of nitrogens with zero attached hydrogens (tertiary/aromatic N) is 2. The second-order valence-electron chi connectivity index (χ2n) is 6.46. The highest BCUT2D eigenvalue weighted by molar-refractivity contribution is 5.68. The van der Waals surface area contributed by atoms with Gasteiger partial charge in [-0.2, -0.15) is 0 Å². The molecule has 2 aliphatic heterocycles. The molecule has 0 aromatic heterocycles. The largest absolute Gasteiger partial charge is 0.444 e. The van der Waals surface area contributed by atoms with Gasteiger partial charge < -0.3 is 14.5 Å². The van der Waals surface area contributed by atoms with Gasteiger partial charge in [-0.1, -0.05) is 13.8 Å². The molecule has 0 N–H and O–H groups in total. The van der Waals surface area contributed by atoms with E-state index in [0.29, 0.717) is 5.92 Å². The van der Waals surface area contributed by atoms with Crippen molar-refractivity contribution in [2.75, 3.05) is 33.2 Å². The predicted octanol–water partition coefficient (Wildman–Crippen LogP) is 2.83. The van der Waals surface area contributed by atoms with Crippen LogP contribution in [0.3, 0.4) is 0 Å². The molecule has 2 aliphatic rings. The van der Waals surface area contributed by atoms with Gasteiger partial charge in [-0.3, -0.25) is 0 Å². The molecule has 2 atom stereocenters. The van der Waals surface area contributed by atoms with Crippen molar-refractivity contribution in [2.45, 2.75) is 46.6 Å². The van der Waals surface area contributed by atoms with Crippen molar-refractivity contribution in [2.24, 2.45) is 11.8 Å². The highest BCUT2D eigenvalue weighted by Crippen LogP contribution is 2.30. The summed E-state index contributed by atoms with van der Waals surface area (Å²) in [5, 5.41) is 0. The van der Waals surface area contributed by atoms with E-state index in [1.165, 1.54) is 6.54 Å². The summed E-state index contributed by atoms with van der Waals surface area (Å²) in [6.07, 6.45) is 0.972. The van der Waals surface area contributed by atoms with E-state index in [1.54, 1.807) is 0 Å². The molecule has 2 heterocycles. The second-order valence-corrected chi connectivity index (χ2v) is 6.46. The lowest BCUT2D eigenvalue weighted by atomic mass is 9.89. The van der Waals surface area contributed by atoms with Gasteiger partial charge in [0.2, 0.25) is 0 Å². The maximum atomic E-state index is 12.0. The second kappa shape index (κ2) is 6.60. The van der Waals surface area contributed by atoms with Crippen molar-refractivity contribution < 1.29 is 9.53 Å². The molecule has 0 aromatic rings. The van der Waals surface area contributed by atoms with Crippen LogP contribution in [0.1, 0.15) is 41.0 Å². The Balaban J connectivity index is 0.000000861. The molecule has 0 saturated carbocycles. The lowest BCUT2D eigenvalue weighted by Gasteiger charge is -2.35. The van der Waals surface area contributed by atoms with Crippen molar-refractivity contribution in [3.63, 3.8) is 0 Å². The zero-order valence-electron chi connectivity index (χ0n) is 13.4. The standard InChI is InChI=1S/C13H24N2O2.C2H6/c1-13(2,3)17-12(16)15-6-5-10-7-14(4)8-11(10)9-15;1-2/h10-11H,5-9H2,1-4H3;1-2H3. The zero-order valence-corrected chi connectivity index (χ0v) is 13.4. The van der Waals surface area contributed by atoms with E-state index >= 15 is 0 Å². The molecule has 0 aromatic carbocycles. The molecule has 0 radical (unpaired) electrons. The fourth-order valence-electron chi connectivity index (χ4n) is 2.90. The Morgan fingerprint density at radius 3 is 2.26 bits per heavy atom. The van der Waals surface area contributed by atoms with Crippen LogP contribution >= 0.6 is 0 Å². The average Bonchev–Trinajstić information content (AvgIpc) is 2.68. The molecule has 2 rings (SSSR count). The molecule has 4 heteroatoms. The lowest BCUT2D eigenvalue weighted by molar-refractivity contribution is 0.0139. The Morgan fingerprint density at radius 2 is 1.68 bits per heavy atom. The number of ether oxygens (including phenoxy) is 1. The molecule has 112 valence electrons. The fourth-order valence-corrected chi connectivity index (χ4v) is 2.90. The van der Waals surface area contributed by atoms with Gasteiger partial charge in [-0.25, -0.2) is 4.79 Å². The summed E-state index contributed by atoms with van der Waals surface area (Å²) in [5.41, 5.74) is -0.388. The summed E-state index contributed by atoms with van der Waals surface area (Å²) in [4.78, 5) is 16.2. The van der Waals surface area contributed by atoms with E-state index in [9.17, 15) is 4.79 Å². The molecule has 0 aliphatic carbocycles. The van der Waals surface area contributed by atoms with E-state index in [-0.39, 0.29) is 11.7 Å². The normalized spacial score (nSPS) is 27.4. The minimum Gasteiger partial charge on any atom is -0.444 e. The minimum absolute atomic E-state index is 0.148. The number of carbonyl (C=O) groups excluding carboxylic acids is 1. The Bertz CT molecular complexity index is 299. The van der Waals surface area contributed by atoms with E-state index in [4.69, 9.17) is 4.74 Å². The smallest absolute Gasteiger partial charge is 0.410 e. The molecule has 1 amide bonds. The zero-order chi connectivity index (χ0) is 14.6. The lowest BCUT2D eigenvalue weighted by Crippen LogP contribution is -2.45. The summed E-state index contributed by atoms with van der Waals surface area (Å²) >= 11 is 0. The first-order chi connectivity index (χ1) is 8.85. The molecular weight excluding hydrogens is 240 g/mol. The van der Waals surface area contributed by atoms with Crippen LogP contribution in [0.2, 0.25) is 0 Å². The maximum Gasteiger partial charge on any atom is 0.410 e. The molecule has 2 saturated heterocycles. The van der Waals surface area contributed by atoms with Crippen molar-refractivity contribution >= 4 is 6.09 Å². The van der Waals surface area contributed by atoms with Crippen molar-refractivity contribution in [3.05, 3.63) is 0 Å². The van der Waals surface area contributed by atoms with Gasteiger partial charge in [0.05, 0.1) is 0 Å². The molecule has 2 unspecified atom stereocenters. The first kappa shape index (κ1) is 16.3. The van der Waals surface area contributed by atoms with Crippen molar-refractivity contribution in [1.82, 2.24) is 9.80 Å². The first-order valence-electron chi connectivity index (χ1n) is 7.51. The predicted molar refractivity (Wildman–Crippen MR) is 78.2 cm³/mol. The molecule has 0 spiro atoms. The highest BCUT2D eigenvalue weighted by atomic mass is 16.6. The summed E-state index contributed by atoms with van der Waals surface area (Å²) in [6.45, 7) is 13.8. The maximum absolute atomic E-state index is 12.0. The number of hydrogen-bond donors (Lipinski definition) is 0. The van der Waals surface area contributed by atoms with Gasteiger partial charge >= 0.3 is 6.09 Å². The van der Waals surface area contributed by atoms with Crippen molar-refractivity contribution in [1.29, 1.82) is 0 Å². The quantitative estimate of drug-likeness (QED) is 0.678. The van der Waals surface area contributed by atoms with Crippen LogP contribution in [-0.4, -0.2) is 54.7 Å². The van der Waals surface area contributed by atoms with Crippen LogP contribution in [0.25, 0.3) is 0 Å². The van der Waals surface area contributed by atoms with E-state index in [0.717, 1.165) is 32.0 Å². The third-order valence-corrected chi connectivity index (χ3v) is 3.64. The van der Waals surface area contributed by atoms with E-state index < -0.39 is 0 Å². The summed E-state index contributed by atoms with van der Waals surface area (Å²) < 4.78 is 5.43. The van der Waals surface area contributed by atoms with Crippen LogP contribution in [0.5, 0.6) is 0 Å². The number of piperidine rings is 1. The first-order valence-corrected chi connectivity index (χ1v) is 7.51. The minimum atomic E-state index is -0.388. The van der Waals surface area contributed by atoms with Crippen molar-refractivity contribution in [3.8, 4) is 0 Å². The molecule has 4 nitrogen and oxygen atoms in total. The Hall–Kier alpha value is -0.770. The van der Waals surface area contributed by atoms with Gasteiger partial charge in [0.15, 0.2) is 0 Å². The Morgan fingerprint density at radius 1 is 1.11 bits per heavy atom. The summed E-state index contributed by atoms with van der Waals surface area (Å²) in [6, 6.07) is 0. The van der Waals surface area contributed by atoms with Gasteiger partial charge in [0, 0.05) is 26.2 Å². The Labute approximate surface area is 118 Å². The third kappa shape index (κ3) is 4.68. The Kier molecular flexibility index (Phi) is 5.65. The van der Waals surface area contributed by atoms with Gasteiger partial charge in [-0.05, 0) is 46.1 Å². The number of likely N-dealkylation sites (tertiary alicyclic amines) is 2. The van der Waals surface area contributed by atoms with Crippen LogP contribution in [0, 0.1) is 11.8 Å². The molecule has 19 heavy (non-hydrogen) atoms. The van der Waals surface area contributed by atoms with Crippen LogP contribution < -0.4 is 0 Å². The van der Waals surface area contributed by atoms with E-state index in [2.05, 4.69) is 11.9 Å².